The van der Waals surface area contributed by atoms with Crippen molar-refractivity contribution in [2.75, 3.05) is 46.9 Å². The van der Waals surface area contributed by atoms with Crippen LogP contribution in [-0.2, 0) is 35.2 Å². The number of nitrogens with zero attached hydrogens (tertiary/aromatic N) is 10. The van der Waals surface area contributed by atoms with Crippen molar-refractivity contribution in [3.05, 3.63) is 85.3 Å². The largest absolute Gasteiger partial charge is 2.00 e. The molecule has 0 aliphatic carbocycles. The number of para-hydroxylation sites is 3. The molecule has 6 aromatic rings. The van der Waals surface area contributed by atoms with Crippen molar-refractivity contribution in [3.63, 3.8) is 0 Å². The fourth-order valence-corrected chi connectivity index (χ4v) is 6.16. The fourth-order valence-electron chi connectivity index (χ4n) is 6.16. The van der Waals surface area contributed by atoms with Crippen LogP contribution in [0.3, 0.4) is 0 Å². The molecule has 0 spiro atoms. The first-order valence-electron chi connectivity index (χ1n) is 13.7. The van der Waals surface area contributed by atoms with Gasteiger partial charge < -0.3 is 23.9 Å². The van der Waals surface area contributed by atoms with Crippen LogP contribution in [0.4, 0.5) is 40.5 Å². The number of rotatable bonds is 3. The molecule has 2 aliphatic heterocycles. The van der Waals surface area contributed by atoms with E-state index in [2.05, 4.69) is 109 Å². The van der Waals surface area contributed by atoms with Crippen LogP contribution in [0, 0.1) is 6.07 Å². The molecule has 0 saturated heterocycles. The van der Waals surface area contributed by atoms with E-state index in [4.69, 9.17) is 9.97 Å². The van der Waals surface area contributed by atoms with E-state index in [0.29, 0.717) is 0 Å². The minimum atomic E-state index is 0. The maximum Gasteiger partial charge on any atom is 2.00 e. The second-order valence-corrected chi connectivity index (χ2v) is 10.6. The van der Waals surface area contributed by atoms with Crippen molar-refractivity contribution < 1.29 is 25.6 Å². The second kappa shape index (κ2) is 9.77. The molecule has 2 aromatic carbocycles. The van der Waals surface area contributed by atoms with Crippen molar-refractivity contribution in [1.82, 2.24) is 24.2 Å². The summed E-state index contributed by atoms with van der Waals surface area (Å²) in [6.07, 6.45) is 3.96. The van der Waals surface area contributed by atoms with E-state index in [-0.39, 0.29) is 21.1 Å². The smallest absolute Gasteiger partial charge is 0.335 e. The summed E-state index contributed by atoms with van der Waals surface area (Å²) in [6, 6.07) is 26.1. The molecule has 6 heterocycles. The van der Waals surface area contributed by atoms with Crippen LogP contribution in [-0.4, -0.2) is 46.4 Å². The van der Waals surface area contributed by atoms with Gasteiger partial charge in [0, 0.05) is 46.5 Å². The number of aromatic nitrogens is 6. The quantitative estimate of drug-likeness (QED) is 0.199. The van der Waals surface area contributed by atoms with Crippen molar-refractivity contribution >= 4 is 51.6 Å². The summed E-state index contributed by atoms with van der Waals surface area (Å²) in [5, 5.41) is 2.23. The third kappa shape index (κ3) is 3.71. The number of aryl methyl sites for hydroxylation is 2. The monoisotopic (exact) mass is 736 g/mol. The number of likely N-dealkylation sites (N-methyl/N-ethyl adjacent to an activating group) is 1. The molecule has 0 saturated carbocycles. The fraction of sp³-hybridized carbons (Fsp3) is 0.194. The first-order valence-corrected chi connectivity index (χ1v) is 13.7. The third-order valence-corrected chi connectivity index (χ3v) is 8.08. The molecule has 0 amide bonds. The molecule has 0 unspecified atom stereocenters. The first-order chi connectivity index (χ1) is 20.0. The van der Waals surface area contributed by atoms with Crippen LogP contribution in [0.2, 0.25) is 0 Å². The minimum absolute atomic E-state index is 0. The number of anilines is 7. The molecule has 212 valence electrons. The van der Waals surface area contributed by atoms with Crippen LogP contribution < -0.4 is 29.3 Å². The Morgan fingerprint density at radius 1 is 0.905 bits per heavy atom. The maximum atomic E-state index is 5.32. The van der Waals surface area contributed by atoms with E-state index in [1.54, 1.807) is 0 Å². The van der Waals surface area contributed by atoms with Gasteiger partial charge in [-0.05, 0) is 24.3 Å². The Morgan fingerprint density at radius 3 is 2.52 bits per heavy atom. The van der Waals surface area contributed by atoms with Gasteiger partial charge in [0.1, 0.15) is 17.0 Å². The van der Waals surface area contributed by atoms with Crippen LogP contribution in [0.25, 0.3) is 22.4 Å². The van der Waals surface area contributed by atoms with Gasteiger partial charge in [-0.3, -0.25) is 4.90 Å². The minimum Gasteiger partial charge on any atom is -0.335 e. The molecule has 10 nitrogen and oxygen atoms in total. The van der Waals surface area contributed by atoms with Gasteiger partial charge in [-0.25, -0.2) is 14.6 Å². The summed E-state index contributed by atoms with van der Waals surface area (Å²) in [7, 11) is 8.28. The zero-order chi connectivity index (χ0) is 27.8. The SMILES string of the molecule is CN1c2ccccc2N(c2[c-]cccc2)c2nc3n(c21)N(C)CCN3c1cccc(-c2cn(C)c3c2[n-]c[n+]3C)n1.[Pt+2]. The van der Waals surface area contributed by atoms with Crippen LogP contribution >= 0.6 is 0 Å². The average molecular weight is 737 g/mol. The predicted molar refractivity (Wildman–Crippen MR) is 160 cm³/mol. The molecule has 0 bridgehead atoms. The zero-order valence-electron chi connectivity index (χ0n) is 23.7. The van der Waals surface area contributed by atoms with Gasteiger partial charge in [0.05, 0.1) is 29.9 Å². The number of benzene rings is 2. The van der Waals surface area contributed by atoms with Crippen LogP contribution in [0.15, 0.2) is 79.3 Å². The zero-order valence-corrected chi connectivity index (χ0v) is 26.0. The van der Waals surface area contributed by atoms with E-state index >= 15 is 0 Å². The van der Waals surface area contributed by atoms with Gasteiger partial charge in [0.15, 0.2) is 11.6 Å². The Bertz CT molecular complexity index is 1940. The summed E-state index contributed by atoms with van der Waals surface area (Å²) in [6.45, 7) is 1.56. The van der Waals surface area contributed by atoms with Gasteiger partial charge >= 0.3 is 21.1 Å². The number of hydrogen-bond donors (Lipinski definition) is 0. The molecule has 0 fully saturated rings. The molecule has 0 N–H and O–H groups in total. The van der Waals surface area contributed by atoms with E-state index in [0.717, 1.165) is 76.0 Å². The van der Waals surface area contributed by atoms with Gasteiger partial charge in [0.2, 0.25) is 5.95 Å². The molecule has 42 heavy (non-hydrogen) atoms. The third-order valence-electron chi connectivity index (χ3n) is 8.08. The molecule has 8 rings (SSSR count). The Kier molecular flexibility index (Phi) is 6.13. The standard InChI is InChI=1S/C31H29N10.Pt/c1-35-19-22(27-29(35)36(2)20-32-27)23-13-10-16-26(33-23)39-18-17-37(3)41-30-28(34-31(39)41)40(21-11-6-5-7-12-21)25-15-9-8-14-24(25)38(30)4;/h5-11,13-16,19-20H,17-18H2,1-4H3;/q-1;+2. The van der Waals surface area contributed by atoms with Gasteiger partial charge in [-0.15, -0.1) is 6.07 Å². The summed E-state index contributed by atoms with van der Waals surface area (Å²) in [4.78, 5) is 21.8. The summed E-state index contributed by atoms with van der Waals surface area (Å²) in [5.41, 5.74) is 7.04. The molecular weight excluding hydrogens is 707 g/mol. The Labute approximate surface area is 258 Å². The van der Waals surface area contributed by atoms with Crippen LogP contribution in [0.5, 0.6) is 0 Å². The Morgan fingerprint density at radius 2 is 1.71 bits per heavy atom. The Hall–Kier alpha value is -4.56. The normalized spacial score (nSPS) is 14.1. The van der Waals surface area contributed by atoms with Gasteiger partial charge in [0.25, 0.3) is 0 Å². The number of imidazole rings is 2. The number of hydrogen-bond acceptors (Lipinski definition) is 6. The molecule has 11 heteroatoms. The van der Waals surface area contributed by atoms with Crippen LogP contribution in [0.1, 0.15) is 0 Å². The van der Waals surface area contributed by atoms with E-state index in [1.165, 1.54) is 0 Å². The maximum absolute atomic E-state index is 5.32. The van der Waals surface area contributed by atoms with Gasteiger partial charge in [-0.1, -0.05) is 23.9 Å². The molecule has 4 aromatic heterocycles. The topological polar surface area (TPSA) is 66.6 Å². The summed E-state index contributed by atoms with van der Waals surface area (Å²) < 4.78 is 6.35. The first kappa shape index (κ1) is 26.3. The molecule has 0 atom stereocenters. The molecule has 0 radical (unpaired) electrons. The van der Waals surface area contributed by atoms with Crippen molar-refractivity contribution in [3.8, 4) is 11.3 Å². The summed E-state index contributed by atoms with van der Waals surface area (Å²) in [5.74, 6) is 3.53. The molecular formula is C31H29N10Pt+. The number of fused-ring (bicyclic) bond motifs is 5. The predicted octanol–water partition coefficient (Wildman–Crippen LogP) is 4.29. The molecule has 2 aliphatic rings. The average Bonchev–Trinajstić information content (AvgIpc) is 3.68. The van der Waals surface area contributed by atoms with Crippen molar-refractivity contribution in [2.24, 2.45) is 14.1 Å². The van der Waals surface area contributed by atoms with Gasteiger partial charge in [-0.2, -0.15) is 29.2 Å². The van der Waals surface area contributed by atoms with E-state index in [9.17, 15) is 0 Å². The van der Waals surface area contributed by atoms with E-state index < -0.39 is 0 Å². The Balaban J connectivity index is 0.00000288. The second-order valence-electron chi connectivity index (χ2n) is 10.6. The number of pyridine rings is 1. The van der Waals surface area contributed by atoms with E-state index in [1.807, 2.05) is 43.2 Å². The van der Waals surface area contributed by atoms with Crippen molar-refractivity contribution in [1.29, 1.82) is 0 Å². The van der Waals surface area contributed by atoms with Crippen molar-refractivity contribution in [2.45, 2.75) is 0 Å². The summed E-state index contributed by atoms with van der Waals surface area (Å²) >= 11 is 0.